The predicted octanol–water partition coefficient (Wildman–Crippen LogP) is 7.36. The summed E-state index contributed by atoms with van der Waals surface area (Å²) in [5.74, 6) is 0.412. The SMILES string of the molecule is CCCC1CCC(CCc2ccc(C(F)(F)Oc3ccc(C#N)c(F)c3)cc2)CC1. The average Bonchev–Trinajstić information content (AvgIpc) is 2.74. The van der Waals surface area contributed by atoms with E-state index in [1.165, 1.54) is 56.7 Å². The summed E-state index contributed by atoms with van der Waals surface area (Å²) >= 11 is 0. The topological polar surface area (TPSA) is 33.0 Å². The Kier molecular flexibility index (Phi) is 7.42. The van der Waals surface area contributed by atoms with Gasteiger partial charge < -0.3 is 4.74 Å². The highest BCUT2D eigenvalue weighted by Crippen LogP contribution is 2.35. The molecule has 0 N–H and O–H groups in total. The Labute approximate surface area is 176 Å². The lowest BCUT2D eigenvalue weighted by molar-refractivity contribution is -0.185. The van der Waals surface area contributed by atoms with Crippen LogP contribution in [-0.4, -0.2) is 0 Å². The van der Waals surface area contributed by atoms with Crippen LogP contribution in [0.5, 0.6) is 5.75 Å². The molecule has 2 nitrogen and oxygen atoms in total. The van der Waals surface area contributed by atoms with Crippen molar-refractivity contribution in [1.82, 2.24) is 0 Å². The van der Waals surface area contributed by atoms with Gasteiger partial charge >= 0.3 is 6.11 Å². The lowest BCUT2D eigenvalue weighted by atomic mass is 9.78. The third-order valence-electron chi connectivity index (χ3n) is 6.10. The summed E-state index contributed by atoms with van der Waals surface area (Å²) < 4.78 is 47.2. The van der Waals surface area contributed by atoms with Gasteiger partial charge in [-0.1, -0.05) is 57.6 Å². The molecule has 1 fully saturated rings. The number of halogens is 3. The normalized spacial score (nSPS) is 19.3. The summed E-state index contributed by atoms with van der Waals surface area (Å²) in [6, 6.07) is 10.9. The number of nitrogens with zero attached hydrogens (tertiary/aromatic N) is 1. The number of rotatable bonds is 8. The zero-order chi connectivity index (χ0) is 21.6. The molecule has 0 unspecified atom stereocenters. The maximum absolute atomic E-state index is 14.5. The minimum atomic E-state index is -3.59. The van der Waals surface area contributed by atoms with Gasteiger partial charge in [-0.25, -0.2) is 4.39 Å². The van der Waals surface area contributed by atoms with Gasteiger partial charge in [-0.2, -0.15) is 14.0 Å². The number of nitriles is 1. The largest absolute Gasteiger partial charge is 0.429 e. The van der Waals surface area contributed by atoms with Crippen molar-refractivity contribution in [2.24, 2.45) is 11.8 Å². The molecule has 160 valence electrons. The Hall–Kier alpha value is -2.48. The first kappa shape index (κ1) is 22.2. The van der Waals surface area contributed by atoms with Crippen molar-refractivity contribution in [1.29, 1.82) is 5.26 Å². The van der Waals surface area contributed by atoms with E-state index in [0.717, 1.165) is 42.4 Å². The Bertz CT molecular complexity index is 865. The lowest BCUT2D eigenvalue weighted by Crippen LogP contribution is -2.22. The van der Waals surface area contributed by atoms with Crippen molar-refractivity contribution in [3.8, 4) is 11.8 Å². The van der Waals surface area contributed by atoms with Gasteiger partial charge in [0.15, 0.2) is 0 Å². The van der Waals surface area contributed by atoms with Gasteiger partial charge in [0.25, 0.3) is 0 Å². The van der Waals surface area contributed by atoms with Gasteiger partial charge in [-0.05, 0) is 54.5 Å². The Balaban J connectivity index is 1.54. The number of benzene rings is 2. The van der Waals surface area contributed by atoms with Crippen LogP contribution in [0.15, 0.2) is 42.5 Å². The van der Waals surface area contributed by atoms with E-state index in [1.54, 1.807) is 18.2 Å². The fourth-order valence-corrected chi connectivity index (χ4v) is 4.31. The van der Waals surface area contributed by atoms with E-state index in [2.05, 4.69) is 6.92 Å². The quantitative estimate of drug-likeness (QED) is 0.451. The van der Waals surface area contributed by atoms with Crippen LogP contribution in [0, 0.1) is 29.0 Å². The van der Waals surface area contributed by atoms with E-state index >= 15 is 0 Å². The van der Waals surface area contributed by atoms with Crippen molar-refractivity contribution in [2.45, 2.75) is 64.4 Å². The van der Waals surface area contributed by atoms with Crippen LogP contribution in [0.3, 0.4) is 0 Å². The standard InChI is InChI=1S/C25H28F3NO/c1-2-3-18-4-6-19(7-5-18)8-9-20-10-13-22(14-11-20)25(27,28)30-23-15-12-21(17-29)24(26)16-23/h10-16,18-19H,2-9H2,1H3. The molecule has 3 rings (SSSR count). The van der Waals surface area contributed by atoms with Crippen molar-refractivity contribution in [3.05, 3.63) is 65.0 Å². The Morgan fingerprint density at radius 3 is 2.20 bits per heavy atom. The van der Waals surface area contributed by atoms with Crippen molar-refractivity contribution >= 4 is 0 Å². The number of hydrogen-bond donors (Lipinski definition) is 0. The first-order valence-corrected chi connectivity index (χ1v) is 10.8. The van der Waals surface area contributed by atoms with E-state index in [9.17, 15) is 13.2 Å². The van der Waals surface area contributed by atoms with E-state index in [0.29, 0.717) is 0 Å². The molecule has 1 aliphatic rings. The molecule has 0 amide bonds. The smallest absolute Gasteiger partial charge is 0.426 e. The summed E-state index contributed by atoms with van der Waals surface area (Å²) in [4.78, 5) is 0. The molecule has 1 aliphatic carbocycles. The molecule has 0 aliphatic heterocycles. The van der Waals surface area contributed by atoms with Crippen LogP contribution >= 0.6 is 0 Å². The molecule has 2 aromatic carbocycles. The van der Waals surface area contributed by atoms with Crippen molar-refractivity contribution in [2.75, 3.05) is 0 Å². The van der Waals surface area contributed by atoms with Gasteiger partial charge in [0, 0.05) is 6.07 Å². The van der Waals surface area contributed by atoms with Gasteiger partial charge in [0.05, 0.1) is 11.1 Å². The van der Waals surface area contributed by atoms with Crippen molar-refractivity contribution < 1.29 is 17.9 Å². The molecular formula is C25H28F3NO. The zero-order valence-corrected chi connectivity index (χ0v) is 17.3. The molecular weight excluding hydrogens is 387 g/mol. The summed E-state index contributed by atoms with van der Waals surface area (Å²) in [6.07, 6.45) is 6.16. The molecule has 0 atom stereocenters. The first-order chi connectivity index (χ1) is 14.4. The molecule has 0 spiro atoms. The molecule has 0 bridgehead atoms. The molecule has 2 aromatic rings. The first-order valence-electron chi connectivity index (χ1n) is 10.8. The Morgan fingerprint density at radius 1 is 1.00 bits per heavy atom. The number of hydrogen-bond acceptors (Lipinski definition) is 2. The van der Waals surface area contributed by atoms with Crippen LogP contribution in [-0.2, 0) is 12.5 Å². The molecule has 0 saturated heterocycles. The summed E-state index contributed by atoms with van der Waals surface area (Å²) in [6.45, 7) is 2.24. The minimum absolute atomic E-state index is 0.214. The summed E-state index contributed by atoms with van der Waals surface area (Å²) in [5.41, 5.74) is 0.541. The molecule has 0 radical (unpaired) electrons. The van der Waals surface area contributed by atoms with Gasteiger partial charge in [0.1, 0.15) is 17.6 Å². The van der Waals surface area contributed by atoms with Crippen molar-refractivity contribution in [3.63, 3.8) is 0 Å². The van der Waals surface area contributed by atoms with Crippen LogP contribution in [0.1, 0.15) is 68.6 Å². The summed E-state index contributed by atoms with van der Waals surface area (Å²) in [5, 5.41) is 8.73. The van der Waals surface area contributed by atoms with Gasteiger partial charge in [-0.3, -0.25) is 0 Å². The molecule has 0 aromatic heterocycles. The molecule has 30 heavy (non-hydrogen) atoms. The fourth-order valence-electron chi connectivity index (χ4n) is 4.31. The third-order valence-corrected chi connectivity index (χ3v) is 6.10. The third kappa shape index (κ3) is 5.78. The monoisotopic (exact) mass is 415 g/mol. The van der Waals surface area contributed by atoms with Crippen LogP contribution in [0.4, 0.5) is 13.2 Å². The molecule has 0 heterocycles. The highest BCUT2D eigenvalue weighted by Gasteiger charge is 2.34. The highest BCUT2D eigenvalue weighted by atomic mass is 19.3. The highest BCUT2D eigenvalue weighted by molar-refractivity contribution is 5.37. The Morgan fingerprint density at radius 2 is 1.63 bits per heavy atom. The summed E-state index contributed by atoms with van der Waals surface area (Å²) in [7, 11) is 0. The molecule has 1 saturated carbocycles. The average molecular weight is 415 g/mol. The van der Waals surface area contributed by atoms with E-state index in [4.69, 9.17) is 10.00 Å². The van der Waals surface area contributed by atoms with Crippen LogP contribution in [0.25, 0.3) is 0 Å². The van der Waals surface area contributed by atoms with Crippen LogP contribution < -0.4 is 4.74 Å². The van der Waals surface area contributed by atoms with Crippen LogP contribution in [0.2, 0.25) is 0 Å². The fraction of sp³-hybridized carbons (Fsp3) is 0.480. The molecule has 5 heteroatoms. The van der Waals surface area contributed by atoms with E-state index < -0.39 is 11.9 Å². The van der Waals surface area contributed by atoms with E-state index in [1.807, 2.05) is 0 Å². The number of ether oxygens (including phenoxy) is 1. The van der Waals surface area contributed by atoms with Gasteiger partial charge in [0.2, 0.25) is 0 Å². The second kappa shape index (κ2) is 10.0. The maximum atomic E-state index is 14.5. The minimum Gasteiger partial charge on any atom is -0.429 e. The second-order valence-corrected chi connectivity index (χ2v) is 8.28. The lowest BCUT2D eigenvalue weighted by Gasteiger charge is -2.28. The van der Waals surface area contributed by atoms with E-state index in [-0.39, 0.29) is 16.9 Å². The second-order valence-electron chi connectivity index (χ2n) is 8.28. The zero-order valence-electron chi connectivity index (χ0n) is 17.3. The number of aryl methyl sites for hydroxylation is 1. The predicted molar refractivity (Wildman–Crippen MR) is 111 cm³/mol. The van der Waals surface area contributed by atoms with Gasteiger partial charge in [-0.15, -0.1) is 0 Å². The number of alkyl halides is 2. The maximum Gasteiger partial charge on any atom is 0.426 e.